The molecule has 0 bridgehead atoms. The molecule has 3 aromatic rings. The molecular weight excluding hydrogens is 652 g/mol. The van der Waals surface area contributed by atoms with Crippen molar-refractivity contribution >= 4 is 47.6 Å². The summed E-state index contributed by atoms with van der Waals surface area (Å²) in [6.45, 7) is 0. The number of rotatable bonds is 11. The minimum atomic E-state index is -4.71. The third-order valence-corrected chi connectivity index (χ3v) is 8.19. The Hall–Kier alpha value is -2.55. The van der Waals surface area contributed by atoms with Gasteiger partial charge in [-0.25, -0.2) is 13.1 Å². The van der Waals surface area contributed by atoms with E-state index in [2.05, 4.69) is 41.3 Å². The van der Waals surface area contributed by atoms with Crippen molar-refractivity contribution in [1.29, 1.82) is 0 Å². The molecule has 3 aromatic carbocycles. The molecule has 1 atom stereocenters. The van der Waals surface area contributed by atoms with E-state index < -0.39 is 49.9 Å². The lowest BCUT2D eigenvalue weighted by Crippen LogP contribution is -2.33. The molecule has 0 radical (unpaired) electrons. The standard InChI is InChI=1S/C23H18Br2F4N2O5S/c24-17-4-3-5-18(25)16(17)12-13-19(14-8-10-15(11-9-14)36-23(28,29)22(26)27)30-37(34,35)21-7-2-1-6-20(21)31(32)33/h1-11,19,22,30H,12-13H2. The van der Waals surface area contributed by atoms with E-state index in [0.29, 0.717) is 6.42 Å². The summed E-state index contributed by atoms with van der Waals surface area (Å²) >= 11 is 6.87. The van der Waals surface area contributed by atoms with Gasteiger partial charge in [-0.15, -0.1) is 0 Å². The van der Waals surface area contributed by atoms with E-state index in [4.69, 9.17) is 0 Å². The van der Waals surface area contributed by atoms with Crippen molar-refractivity contribution in [2.24, 2.45) is 0 Å². The normalized spacial score (nSPS) is 12.9. The molecule has 37 heavy (non-hydrogen) atoms. The molecule has 7 nitrogen and oxygen atoms in total. The van der Waals surface area contributed by atoms with Gasteiger partial charge in [0.05, 0.1) is 4.92 Å². The molecule has 0 spiro atoms. The van der Waals surface area contributed by atoms with E-state index in [1.807, 2.05) is 0 Å². The number of hydrogen-bond acceptors (Lipinski definition) is 5. The molecule has 1 unspecified atom stereocenters. The number of halogens is 6. The zero-order valence-electron chi connectivity index (χ0n) is 18.6. The van der Waals surface area contributed by atoms with Crippen molar-refractivity contribution in [2.45, 2.75) is 36.3 Å². The van der Waals surface area contributed by atoms with E-state index in [1.54, 1.807) is 18.2 Å². The van der Waals surface area contributed by atoms with Crippen LogP contribution >= 0.6 is 31.9 Å². The van der Waals surface area contributed by atoms with Crippen molar-refractivity contribution in [3.63, 3.8) is 0 Å². The third kappa shape index (κ3) is 7.27. The number of sulfonamides is 1. The molecule has 0 fully saturated rings. The minimum Gasteiger partial charge on any atom is -0.428 e. The molecule has 0 amide bonds. The Kier molecular flexibility index (Phi) is 9.32. The van der Waals surface area contributed by atoms with Crippen molar-refractivity contribution in [1.82, 2.24) is 4.72 Å². The van der Waals surface area contributed by atoms with Crippen molar-refractivity contribution in [3.8, 4) is 5.75 Å². The highest BCUT2D eigenvalue weighted by atomic mass is 79.9. The maximum atomic E-state index is 13.3. The van der Waals surface area contributed by atoms with Crippen molar-refractivity contribution in [3.05, 3.63) is 96.9 Å². The number of hydrogen-bond donors (Lipinski definition) is 1. The zero-order valence-corrected chi connectivity index (χ0v) is 22.6. The number of nitro groups is 1. The van der Waals surface area contributed by atoms with Crippen LogP contribution in [0.3, 0.4) is 0 Å². The lowest BCUT2D eigenvalue weighted by molar-refractivity contribution is -0.387. The second-order valence-corrected chi connectivity index (χ2v) is 11.1. The Morgan fingerprint density at radius 2 is 1.57 bits per heavy atom. The fourth-order valence-corrected chi connectivity index (χ4v) is 6.24. The van der Waals surface area contributed by atoms with Gasteiger partial charge in [-0.2, -0.15) is 17.6 Å². The van der Waals surface area contributed by atoms with Gasteiger partial charge >= 0.3 is 12.5 Å². The average molecular weight is 670 g/mol. The second kappa shape index (κ2) is 11.9. The van der Waals surface area contributed by atoms with Crippen molar-refractivity contribution in [2.75, 3.05) is 0 Å². The van der Waals surface area contributed by atoms with Gasteiger partial charge in [0, 0.05) is 21.1 Å². The van der Waals surface area contributed by atoms with Crippen LogP contribution in [0.5, 0.6) is 5.75 Å². The molecule has 198 valence electrons. The molecule has 3 rings (SSSR count). The van der Waals surface area contributed by atoms with Crippen LogP contribution in [0.15, 0.2) is 80.6 Å². The maximum Gasteiger partial charge on any atom is 0.461 e. The summed E-state index contributed by atoms with van der Waals surface area (Å²) in [7, 11) is -4.42. The van der Waals surface area contributed by atoms with E-state index in [9.17, 15) is 36.1 Å². The van der Waals surface area contributed by atoms with Gasteiger partial charge in [0.25, 0.3) is 5.69 Å². The molecule has 14 heteroatoms. The average Bonchev–Trinajstić information content (AvgIpc) is 2.83. The lowest BCUT2D eigenvalue weighted by Gasteiger charge is -2.21. The van der Waals surface area contributed by atoms with Gasteiger partial charge in [0.2, 0.25) is 10.0 Å². The molecule has 0 aliphatic carbocycles. The summed E-state index contributed by atoms with van der Waals surface area (Å²) in [5.74, 6) is -0.553. The summed E-state index contributed by atoms with van der Waals surface area (Å²) in [4.78, 5) is 10.0. The summed E-state index contributed by atoms with van der Waals surface area (Å²) in [5, 5.41) is 11.4. The molecular formula is C23H18Br2F4N2O5S. The third-order valence-electron chi connectivity index (χ3n) is 5.18. The Morgan fingerprint density at radius 3 is 2.14 bits per heavy atom. The maximum absolute atomic E-state index is 13.3. The van der Waals surface area contributed by atoms with Gasteiger partial charge in [-0.1, -0.05) is 62.2 Å². The van der Waals surface area contributed by atoms with Crippen LogP contribution in [0.4, 0.5) is 23.2 Å². The number of alkyl halides is 4. The van der Waals surface area contributed by atoms with Gasteiger partial charge in [0.15, 0.2) is 4.90 Å². The zero-order chi connectivity index (χ0) is 27.4. The SMILES string of the molecule is O=[N+]([O-])c1ccccc1S(=O)(=O)NC(CCc1c(Br)cccc1Br)c1ccc(OC(F)(F)C(F)F)cc1. The van der Waals surface area contributed by atoms with Crippen LogP contribution in [-0.4, -0.2) is 25.9 Å². The van der Waals surface area contributed by atoms with Gasteiger partial charge < -0.3 is 4.74 Å². The van der Waals surface area contributed by atoms with Gasteiger partial charge in [0.1, 0.15) is 5.75 Å². The van der Waals surface area contributed by atoms with E-state index in [1.165, 1.54) is 24.3 Å². The van der Waals surface area contributed by atoms with Crippen LogP contribution < -0.4 is 9.46 Å². The first kappa shape index (κ1) is 29.0. The first-order valence-electron chi connectivity index (χ1n) is 10.5. The van der Waals surface area contributed by atoms with Crippen LogP contribution in [0.25, 0.3) is 0 Å². The second-order valence-electron chi connectivity index (χ2n) is 7.67. The molecule has 0 saturated carbocycles. The number of benzene rings is 3. The van der Waals surface area contributed by atoms with Crippen LogP contribution in [0, 0.1) is 10.1 Å². The number of nitrogens with one attached hydrogen (secondary N) is 1. The summed E-state index contributed by atoms with van der Waals surface area (Å²) in [5.41, 5.74) is 0.479. The molecule has 0 aromatic heterocycles. The molecule has 0 aliphatic heterocycles. The fraction of sp³-hybridized carbons (Fsp3) is 0.217. The molecule has 0 saturated heterocycles. The Bertz CT molecular complexity index is 1360. The quantitative estimate of drug-likeness (QED) is 0.135. The summed E-state index contributed by atoms with van der Waals surface area (Å²) < 4.78 is 85.8. The Labute approximate surface area is 226 Å². The van der Waals surface area contributed by atoms with Gasteiger partial charge in [-0.3, -0.25) is 10.1 Å². The largest absolute Gasteiger partial charge is 0.461 e. The van der Waals surface area contributed by atoms with Crippen LogP contribution in [0.2, 0.25) is 0 Å². The van der Waals surface area contributed by atoms with E-state index in [0.717, 1.165) is 38.8 Å². The lowest BCUT2D eigenvalue weighted by atomic mass is 9.99. The summed E-state index contributed by atoms with van der Waals surface area (Å²) in [6, 6.07) is 13.7. The van der Waals surface area contributed by atoms with Crippen molar-refractivity contribution < 1.29 is 35.6 Å². The first-order valence-corrected chi connectivity index (χ1v) is 13.5. The highest BCUT2D eigenvalue weighted by molar-refractivity contribution is 9.11. The molecule has 0 aliphatic rings. The highest BCUT2D eigenvalue weighted by Crippen LogP contribution is 2.33. The Morgan fingerprint density at radius 1 is 0.973 bits per heavy atom. The van der Waals surface area contributed by atoms with Crippen LogP contribution in [-0.2, 0) is 16.4 Å². The van der Waals surface area contributed by atoms with E-state index in [-0.39, 0.29) is 12.0 Å². The van der Waals surface area contributed by atoms with Gasteiger partial charge in [-0.05, 0) is 54.3 Å². The predicted molar refractivity (Wildman–Crippen MR) is 134 cm³/mol. The molecule has 1 N–H and O–H groups in total. The first-order chi connectivity index (χ1) is 17.3. The number of nitrogens with zero attached hydrogens (tertiary/aromatic N) is 1. The highest BCUT2D eigenvalue weighted by Gasteiger charge is 2.44. The predicted octanol–water partition coefficient (Wildman–Crippen LogP) is 7.01. The number of nitro benzene ring substituents is 1. The molecule has 0 heterocycles. The number of para-hydroxylation sites is 1. The summed E-state index contributed by atoms with van der Waals surface area (Å²) in [6.07, 6.45) is -8.28. The minimum absolute atomic E-state index is 0.147. The Balaban J connectivity index is 1.95. The number of ether oxygens (including phenoxy) is 1. The van der Waals surface area contributed by atoms with E-state index >= 15 is 0 Å². The smallest absolute Gasteiger partial charge is 0.428 e. The topological polar surface area (TPSA) is 98.5 Å². The fourth-order valence-electron chi connectivity index (χ4n) is 3.41. The van der Waals surface area contributed by atoms with Crippen LogP contribution in [0.1, 0.15) is 23.6 Å². The monoisotopic (exact) mass is 668 g/mol.